The quantitative estimate of drug-likeness (QED) is 0.546. The molecule has 8 heteroatoms. The molecule has 18 heavy (non-hydrogen) atoms. The van der Waals surface area contributed by atoms with Crippen molar-refractivity contribution in [2.75, 3.05) is 27.9 Å². The van der Waals surface area contributed by atoms with Gasteiger partial charge in [0.05, 0.1) is 7.11 Å². The van der Waals surface area contributed by atoms with Crippen molar-refractivity contribution in [1.82, 2.24) is 5.32 Å². The normalized spacial score (nSPS) is 12.3. The van der Waals surface area contributed by atoms with E-state index in [4.69, 9.17) is 13.0 Å². The van der Waals surface area contributed by atoms with Crippen molar-refractivity contribution in [2.24, 2.45) is 0 Å². The first kappa shape index (κ1) is 17.6. The maximum Gasteiger partial charge on any atom is 0.490 e. The van der Waals surface area contributed by atoms with E-state index in [1.54, 1.807) is 14.2 Å². The third-order valence-corrected chi connectivity index (χ3v) is 8.10. The molecule has 0 atom stereocenters. The SMILES string of the molecule is COC(=O)NCCC[Si](OC)(OC)O[Si](C)(C)C. The molecule has 108 valence electrons. The molecule has 0 rings (SSSR count). The van der Waals surface area contributed by atoms with Crippen LogP contribution in [0.15, 0.2) is 0 Å². The zero-order chi connectivity index (χ0) is 14.2. The maximum absolute atomic E-state index is 10.9. The Morgan fingerprint density at radius 3 is 2.06 bits per heavy atom. The summed E-state index contributed by atoms with van der Waals surface area (Å²) in [6.07, 6.45) is 0.302. The molecule has 0 unspecified atom stereocenters. The zero-order valence-corrected chi connectivity index (χ0v) is 14.2. The van der Waals surface area contributed by atoms with Crippen molar-refractivity contribution < 1.29 is 22.5 Å². The molecule has 0 aromatic rings. The summed E-state index contributed by atoms with van der Waals surface area (Å²) >= 11 is 0. The molecule has 0 bridgehead atoms. The summed E-state index contributed by atoms with van der Waals surface area (Å²) < 4.78 is 21.5. The molecule has 0 heterocycles. The number of hydrogen-bond donors (Lipinski definition) is 1. The predicted octanol–water partition coefficient (Wildman–Crippen LogP) is 1.82. The molecular weight excluding hydrogens is 270 g/mol. The molecule has 0 radical (unpaired) electrons. The third-order valence-electron chi connectivity index (χ3n) is 2.20. The first-order chi connectivity index (χ1) is 8.28. The van der Waals surface area contributed by atoms with Crippen LogP contribution in [0.5, 0.6) is 0 Å². The lowest BCUT2D eigenvalue weighted by Gasteiger charge is -2.33. The van der Waals surface area contributed by atoms with Gasteiger partial charge in [0.25, 0.3) is 0 Å². The summed E-state index contributed by atoms with van der Waals surface area (Å²) in [5.41, 5.74) is 0. The number of carbonyl (C=O) groups is 1. The van der Waals surface area contributed by atoms with Crippen molar-refractivity contribution in [3.8, 4) is 0 Å². The van der Waals surface area contributed by atoms with E-state index in [1.165, 1.54) is 7.11 Å². The van der Waals surface area contributed by atoms with Crippen LogP contribution < -0.4 is 5.32 Å². The van der Waals surface area contributed by atoms with Crippen LogP contribution in [0.1, 0.15) is 6.42 Å². The van der Waals surface area contributed by atoms with Crippen molar-refractivity contribution >= 4 is 23.2 Å². The van der Waals surface area contributed by atoms with Gasteiger partial charge in [-0.1, -0.05) is 0 Å². The molecule has 1 amide bonds. The van der Waals surface area contributed by atoms with Crippen LogP contribution in [-0.2, 0) is 17.7 Å². The summed E-state index contributed by atoms with van der Waals surface area (Å²) in [5, 5.41) is 2.62. The second kappa shape index (κ2) is 7.90. The minimum absolute atomic E-state index is 0.428. The Balaban J connectivity index is 4.23. The average Bonchev–Trinajstić information content (AvgIpc) is 2.31. The topological polar surface area (TPSA) is 66.0 Å². The number of nitrogens with one attached hydrogen (secondary N) is 1. The van der Waals surface area contributed by atoms with Crippen LogP contribution in [0.25, 0.3) is 0 Å². The number of amides is 1. The first-order valence-electron chi connectivity index (χ1n) is 5.91. The lowest BCUT2D eigenvalue weighted by molar-refractivity contribution is 0.155. The van der Waals surface area contributed by atoms with Gasteiger partial charge < -0.3 is 23.0 Å². The number of rotatable bonds is 8. The van der Waals surface area contributed by atoms with Crippen LogP contribution in [0.3, 0.4) is 0 Å². The fourth-order valence-electron chi connectivity index (χ4n) is 1.46. The van der Waals surface area contributed by atoms with Gasteiger partial charge in [0.1, 0.15) is 0 Å². The molecule has 0 aliphatic carbocycles. The number of alkyl carbamates (subject to hydrolysis) is 1. The van der Waals surface area contributed by atoms with Crippen LogP contribution >= 0.6 is 0 Å². The fraction of sp³-hybridized carbons (Fsp3) is 0.900. The minimum Gasteiger partial charge on any atom is -0.453 e. The Kier molecular flexibility index (Phi) is 7.71. The Labute approximate surface area is 111 Å². The summed E-state index contributed by atoms with van der Waals surface area (Å²) in [4.78, 5) is 10.9. The average molecular weight is 295 g/mol. The highest BCUT2D eigenvalue weighted by atomic mass is 28.5. The van der Waals surface area contributed by atoms with Crippen molar-refractivity contribution in [1.29, 1.82) is 0 Å². The van der Waals surface area contributed by atoms with Crippen LogP contribution in [0.2, 0.25) is 25.7 Å². The lowest BCUT2D eigenvalue weighted by Crippen LogP contribution is -2.51. The minimum atomic E-state index is -2.59. The second-order valence-electron chi connectivity index (χ2n) is 4.83. The summed E-state index contributed by atoms with van der Waals surface area (Å²) in [6.45, 7) is 6.81. The molecule has 0 aromatic carbocycles. The van der Waals surface area contributed by atoms with Gasteiger partial charge in [0.2, 0.25) is 0 Å². The standard InChI is InChI=1S/C10H25NO5Si2/c1-13-10(12)11-8-7-9-18(14-2,15-3)16-17(4,5)6/h7-9H2,1-6H3,(H,11,12). The second-order valence-corrected chi connectivity index (χ2v) is 12.6. The van der Waals surface area contributed by atoms with Crippen molar-refractivity contribution in [2.45, 2.75) is 32.1 Å². The zero-order valence-electron chi connectivity index (χ0n) is 12.2. The molecule has 0 spiro atoms. The molecule has 1 N–H and O–H groups in total. The van der Waals surface area contributed by atoms with E-state index in [9.17, 15) is 4.79 Å². The fourth-order valence-corrected chi connectivity index (χ4v) is 7.45. The number of ether oxygens (including phenoxy) is 1. The van der Waals surface area contributed by atoms with Gasteiger partial charge in [0, 0.05) is 26.8 Å². The highest BCUT2D eigenvalue weighted by molar-refractivity contribution is 6.79. The lowest BCUT2D eigenvalue weighted by atomic mass is 10.5. The van der Waals surface area contributed by atoms with Gasteiger partial charge in [-0.15, -0.1) is 0 Å². The van der Waals surface area contributed by atoms with Gasteiger partial charge >= 0.3 is 14.9 Å². The largest absolute Gasteiger partial charge is 0.490 e. The molecule has 0 saturated carbocycles. The summed E-state index contributed by atoms with van der Waals surface area (Å²) in [7, 11) is 0.254. The van der Waals surface area contributed by atoms with Gasteiger partial charge in [-0.2, -0.15) is 0 Å². The number of hydrogen-bond acceptors (Lipinski definition) is 5. The molecule has 6 nitrogen and oxygen atoms in total. The van der Waals surface area contributed by atoms with Gasteiger partial charge in [0.15, 0.2) is 8.32 Å². The maximum atomic E-state index is 10.9. The Morgan fingerprint density at radius 1 is 1.11 bits per heavy atom. The van der Waals surface area contributed by atoms with E-state index in [2.05, 4.69) is 29.7 Å². The summed E-state index contributed by atoms with van der Waals surface area (Å²) in [5.74, 6) is 0. The van der Waals surface area contributed by atoms with Gasteiger partial charge in [-0.3, -0.25) is 0 Å². The third kappa shape index (κ3) is 7.11. The Hall–Kier alpha value is -0.416. The number of methoxy groups -OCH3 is 1. The van der Waals surface area contributed by atoms with Crippen LogP contribution in [0.4, 0.5) is 4.79 Å². The van der Waals surface area contributed by atoms with Gasteiger partial charge in [-0.25, -0.2) is 4.79 Å². The molecule has 0 aliphatic heterocycles. The molecule has 0 aromatic heterocycles. The smallest absolute Gasteiger partial charge is 0.453 e. The Morgan fingerprint density at radius 2 is 1.67 bits per heavy atom. The number of carbonyl (C=O) groups excluding carboxylic acids is 1. The highest BCUT2D eigenvalue weighted by Gasteiger charge is 2.42. The van der Waals surface area contributed by atoms with Crippen LogP contribution in [-0.4, -0.2) is 51.1 Å². The van der Waals surface area contributed by atoms with Gasteiger partial charge in [-0.05, 0) is 26.1 Å². The molecular formula is C10H25NO5Si2. The van der Waals surface area contributed by atoms with E-state index in [0.29, 0.717) is 12.6 Å². The predicted molar refractivity (Wildman–Crippen MR) is 74.0 cm³/mol. The van der Waals surface area contributed by atoms with E-state index >= 15 is 0 Å². The van der Waals surface area contributed by atoms with E-state index in [0.717, 1.165) is 6.42 Å². The molecule has 0 aliphatic rings. The van der Waals surface area contributed by atoms with E-state index in [-0.39, 0.29) is 0 Å². The Bertz CT molecular complexity index is 253. The highest BCUT2D eigenvalue weighted by Crippen LogP contribution is 2.21. The first-order valence-corrected chi connectivity index (χ1v) is 11.2. The van der Waals surface area contributed by atoms with E-state index in [1.807, 2.05) is 0 Å². The van der Waals surface area contributed by atoms with Crippen molar-refractivity contribution in [3.63, 3.8) is 0 Å². The van der Waals surface area contributed by atoms with Crippen LogP contribution in [0, 0.1) is 0 Å². The molecule has 0 fully saturated rings. The molecule has 0 saturated heterocycles. The van der Waals surface area contributed by atoms with Crippen molar-refractivity contribution in [3.05, 3.63) is 0 Å². The van der Waals surface area contributed by atoms with E-state index < -0.39 is 23.2 Å². The monoisotopic (exact) mass is 295 g/mol. The summed E-state index contributed by atoms with van der Waals surface area (Å²) in [6, 6.07) is 0.675.